The van der Waals surface area contributed by atoms with Crippen molar-refractivity contribution in [1.29, 1.82) is 0 Å². The molecule has 2 heterocycles. The zero-order valence-corrected chi connectivity index (χ0v) is 19.3. The third-order valence-electron chi connectivity index (χ3n) is 5.82. The molecule has 1 unspecified atom stereocenters. The smallest absolute Gasteiger partial charge is 0.417 e. The van der Waals surface area contributed by atoms with E-state index in [1.165, 1.54) is 4.90 Å². The second kappa shape index (κ2) is 8.58. The van der Waals surface area contributed by atoms with Gasteiger partial charge in [0.05, 0.1) is 5.56 Å². The number of aromatic nitrogens is 1. The summed E-state index contributed by atoms with van der Waals surface area (Å²) in [5.74, 6) is 2.72. The Morgan fingerprint density at radius 1 is 1.39 bits per heavy atom. The van der Waals surface area contributed by atoms with Crippen molar-refractivity contribution in [2.75, 3.05) is 13.6 Å². The van der Waals surface area contributed by atoms with Gasteiger partial charge in [0.2, 0.25) is 0 Å². The zero-order valence-electron chi connectivity index (χ0n) is 19.3. The molecule has 0 saturated carbocycles. The summed E-state index contributed by atoms with van der Waals surface area (Å²) in [6.45, 7) is 7.78. The molecular formula is C25H31N3O3. The summed E-state index contributed by atoms with van der Waals surface area (Å²) in [7, 11) is 3.75. The normalized spacial score (nSPS) is 20.5. The van der Waals surface area contributed by atoms with Gasteiger partial charge in [0.25, 0.3) is 5.91 Å². The van der Waals surface area contributed by atoms with Crippen molar-refractivity contribution in [1.82, 2.24) is 9.47 Å². The Balaban J connectivity index is 2.02. The average molecular weight is 422 g/mol. The molecule has 164 valence electrons. The van der Waals surface area contributed by atoms with Crippen LogP contribution in [-0.4, -0.2) is 46.4 Å². The molecule has 6 nitrogen and oxygen atoms in total. The van der Waals surface area contributed by atoms with Gasteiger partial charge >= 0.3 is 6.09 Å². The number of imide groups is 1. The lowest BCUT2D eigenvalue weighted by Crippen LogP contribution is -2.44. The first-order valence-electron chi connectivity index (χ1n) is 10.7. The molecule has 0 bridgehead atoms. The van der Waals surface area contributed by atoms with E-state index < -0.39 is 11.7 Å². The zero-order chi connectivity index (χ0) is 22.9. The molecule has 0 N–H and O–H groups in total. The molecule has 6 heteroatoms. The van der Waals surface area contributed by atoms with Crippen LogP contribution in [0.2, 0.25) is 0 Å². The Labute approximate surface area is 184 Å². The van der Waals surface area contributed by atoms with Crippen LogP contribution in [0.4, 0.5) is 4.79 Å². The second-order valence-corrected chi connectivity index (χ2v) is 8.94. The van der Waals surface area contributed by atoms with Gasteiger partial charge in [-0.3, -0.25) is 9.79 Å². The molecule has 0 aromatic carbocycles. The number of rotatable bonds is 2. The number of amides is 2. The van der Waals surface area contributed by atoms with Gasteiger partial charge in [0.15, 0.2) is 0 Å². The standard InChI is InChI=1S/C25H31N3O3/c1-8-16-10-11-17(9-2)20(26-6)14-18(16)22-15-19-21(27(22)7)12-13-28(23(19)29)24(30)31-25(3,4)5/h1,10-11,15,17H,9,12-14H2,2-7H3. The summed E-state index contributed by atoms with van der Waals surface area (Å²) in [5.41, 5.74) is 4.49. The van der Waals surface area contributed by atoms with E-state index in [-0.39, 0.29) is 11.8 Å². The molecular weight excluding hydrogens is 390 g/mol. The van der Waals surface area contributed by atoms with Crippen molar-refractivity contribution in [3.8, 4) is 12.3 Å². The van der Waals surface area contributed by atoms with E-state index in [1.807, 2.05) is 30.8 Å². The highest BCUT2D eigenvalue weighted by Gasteiger charge is 2.35. The summed E-state index contributed by atoms with van der Waals surface area (Å²) in [4.78, 5) is 31.4. The third kappa shape index (κ3) is 4.36. The summed E-state index contributed by atoms with van der Waals surface area (Å²) in [6, 6.07) is 1.86. The number of ether oxygens (including phenoxy) is 1. The van der Waals surface area contributed by atoms with Crippen molar-refractivity contribution in [2.24, 2.45) is 18.0 Å². The fourth-order valence-corrected chi connectivity index (χ4v) is 4.19. The van der Waals surface area contributed by atoms with Crippen LogP contribution in [-0.2, 0) is 18.2 Å². The lowest BCUT2D eigenvalue weighted by Gasteiger charge is -2.28. The van der Waals surface area contributed by atoms with E-state index in [9.17, 15) is 9.59 Å². The molecule has 0 radical (unpaired) electrons. The molecule has 0 fully saturated rings. The van der Waals surface area contributed by atoms with E-state index in [0.717, 1.165) is 34.7 Å². The molecule has 0 saturated heterocycles. The molecule has 1 aliphatic heterocycles. The first-order valence-corrected chi connectivity index (χ1v) is 10.7. The van der Waals surface area contributed by atoms with Crippen LogP contribution < -0.4 is 0 Å². The van der Waals surface area contributed by atoms with Gasteiger partial charge in [0.1, 0.15) is 5.60 Å². The van der Waals surface area contributed by atoms with Crippen LogP contribution in [0.5, 0.6) is 0 Å². The third-order valence-corrected chi connectivity index (χ3v) is 5.82. The number of hydrogen-bond acceptors (Lipinski definition) is 4. The maximum atomic E-state index is 13.1. The molecule has 1 aliphatic carbocycles. The second-order valence-electron chi connectivity index (χ2n) is 8.94. The van der Waals surface area contributed by atoms with Gasteiger partial charge in [0, 0.05) is 62.1 Å². The SMILES string of the molecule is C#CC1=C(c2cc3c(n2C)CCN(C(=O)OC(C)(C)C)C3=O)CC(=NC)C(CC)C=C1. The average Bonchev–Trinajstić information content (AvgIpc) is 2.93. The number of aliphatic imine (C=N–C) groups is 1. The summed E-state index contributed by atoms with van der Waals surface area (Å²) >= 11 is 0. The van der Waals surface area contributed by atoms with Crippen LogP contribution in [0.3, 0.4) is 0 Å². The minimum absolute atomic E-state index is 0.241. The predicted octanol–water partition coefficient (Wildman–Crippen LogP) is 4.40. The van der Waals surface area contributed by atoms with E-state index in [1.54, 1.807) is 20.8 Å². The molecule has 2 amide bonds. The highest BCUT2D eigenvalue weighted by Crippen LogP contribution is 2.34. The van der Waals surface area contributed by atoms with Gasteiger partial charge < -0.3 is 9.30 Å². The van der Waals surface area contributed by atoms with Crippen molar-refractivity contribution < 1.29 is 14.3 Å². The first-order chi connectivity index (χ1) is 14.6. The largest absolute Gasteiger partial charge is 0.443 e. The maximum absolute atomic E-state index is 13.1. The van der Waals surface area contributed by atoms with Crippen LogP contribution in [0, 0.1) is 18.3 Å². The summed E-state index contributed by atoms with van der Waals surface area (Å²) in [5, 5.41) is 0. The minimum Gasteiger partial charge on any atom is -0.443 e. The van der Waals surface area contributed by atoms with Gasteiger partial charge in [-0.15, -0.1) is 6.42 Å². The Morgan fingerprint density at radius 3 is 2.68 bits per heavy atom. The van der Waals surface area contributed by atoms with Gasteiger partial charge in [-0.05, 0) is 44.9 Å². The highest BCUT2D eigenvalue weighted by molar-refractivity contribution is 6.06. The number of carbonyl (C=O) groups is 2. The van der Waals surface area contributed by atoms with E-state index in [4.69, 9.17) is 11.2 Å². The fraction of sp³-hybridized carbons (Fsp3) is 0.480. The predicted molar refractivity (Wildman–Crippen MR) is 123 cm³/mol. The lowest BCUT2D eigenvalue weighted by atomic mass is 9.94. The van der Waals surface area contributed by atoms with Crippen molar-refractivity contribution >= 4 is 23.3 Å². The van der Waals surface area contributed by atoms with Crippen LogP contribution in [0.25, 0.3) is 5.57 Å². The van der Waals surface area contributed by atoms with Gasteiger partial charge in [-0.1, -0.05) is 18.9 Å². The maximum Gasteiger partial charge on any atom is 0.417 e. The number of carbonyl (C=O) groups excluding carboxylic acids is 2. The van der Waals surface area contributed by atoms with Crippen LogP contribution in [0.1, 0.15) is 62.3 Å². The number of hydrogen-bond donors (Lipinski definition) is 0. The highest BCUT2D eigenvalue weighted by atomic mass is 16.6. The number of nitrogens with zero attached hydrogens (tertiary/aromatic N) is 3. The fourth-order valence-electron chi connectivity index (χ4n) is 4.19. The topological polar surface area (TPSA) is 63.9 Å². The Bertz CT molecular complexity index is 1040. The molecule has 0 spiro atoms. The number of fused-ring (bicyclic) bond motifs is 1. The molecule has 3 rings (SSSR count). The Hall–Kier alpha value is -3.07. The van der Waals surface area contributed by atoms with Crippen LogP contribution in [0.15, 0.2) is 28.8 Å². The lowest BCUT2D eigenvalue weighted by molar-refractivity contribution is 0.0232. The minimum atomic E-state index is -0.662. The molecule has 31 heavy (non-hydrogen) atoms. The molecule has 2 aliphatic rings. The quantitative estimate of drug-likeness (QED) is 0.665. The van der Waals surface area contributed by atoms with Gasteiger partial charge in [-0.2, -0.15) is 0 Å². The first kappa shape index (κ1) is 22.6. The monoisotopic (exact) mass is 421 g/mol. The van der Waals surface area contributed by atoms with Crippen molar-refractivity contribution in [3.63, 3.8) is 0 Å². The van der Waals surface area contributed by atoms with E-state index in [0.29, 0.717) is 24.9 Å². The molecule has 1 atom stereocenters. The Morgan fingerprint density at radius 2 is 2.10 bits per heavy atom. The Kier molecular flexibility index (Phi) is 6.26. The number of allylic oxidation sites excluding steroid dienone is 4. The number of terminal acetylenes is 1. The summed E-state index contributed by atoms with van der Waals surface area (Å²) in [6.07, 6.45) is 11.5. The van der Waals surface area contributed by atoms with Gasteiger partial charge in [-0.25, -0.2) is 9.69 Å². The van der Waals surface area contributed by atoms with Crippen molar-refractivity contribution in [2.45, 2.75) is 52.6 Å². The molecule has 1 aromatic heterocycles. The summed E-state index contributed by atoms with van der Waals surface area (Å²) < 4.78 is 7.45. The molecule has 1 aromatic rings. The van der Waals surface area contributed by atoms with Crippen LogP contribution >= 0.6 is 0 Å². The van der Waals surface area contributed by atoms with E-state index >= 15 is 0 Å². The van der Waals surface area contributed by atoms with E-state index in [2.05, 4.69) is 23.9 Å². The van der Waals surface area contributed by atoms with Crippen molar-refractivity contribution in [3.05, 3.63) is 40.7 Å².